The lowest BCUT2D eigenvalue weighted by Gasteiger charge is -2.56. The minimum Gasteiger partial charge on any atom is -0.481 e. The molecule has 6 rings (SSSR count). The SMILES string of the molecule is N#Cc1ccc(-c2ccc(Cn3ccc4c(F)ccc(C(=O)NC5CC6(C5)CC(C(=O)O)C6)c43)cc2)cc1. The van der Waals surface area contributed by atoms with Gasteiger partial charge in [0.05, 0.1) is 28.6 Å². The van der Waals surface area contributed by atoms with Crippen LogP contribution >= 0.6 is 0 Å². The number of amides is 1. The Morgan fingerprint density at radius 2 is 1.63 bits per heavy atom. The van der Waals surface area contributed by atoms with Gasteiger partial charge in [0.25, 0.3) is 5.91 Å². The number of aliphatic carboxylic acids is 1. The van der Waals surface area contributed by atoms with Gasteiger partial charge in [0.1, 0.15) is 5.82 Å². The number of carboxylic acids is 1. The van der Waals surface area contributed by atoms with Crippen LogP contribution in [0.3, 0.4) is 0 Å². The molecule has 6 nitrogen and oxygen atoms in total. The number of rotatable bonds is 6. The Balaban J connectivity index is 1.18. The van der Waals surface area contributed by atoms with E-state index in [1.54, 1.807) is 24.4 Å². The molecule has 1 heterocycles. The fourth-order valence-electron chi connectivity index (χ4n) is 6.19. The van der Waals surface area contributed by atoms with E-state index < -0.39 is 5.97 Å². The first kappa shape index (κ1) is 23.9. The number of fused-ring (bicyclic) bond motifs is 1. The van der Waals surface area contributed by atoms with E-state index in [2.05, 4.69) is 11.4 Å². The number of carbonyl (C=O) groups is 2. The van der Waals surface area contributed by atoms with Gasteiger partial charge in [-0.2, -0.15) is 5.26 Å². The standard InChI is InChI=1S/C31H26FN3O3/c32-27-10-9-26(29(36)34-24-15-31(16-24)13-23(14-31)30(37)38)28-25(27)11-12-35(28)18-20-3-7-22(8-4-20)21-5-1-19(17-33)2-6-21/h1-12,23-24H,13-16,18H2,(H,34,36)(H,37,38). The summed E-state index contributed by atoms with van der Waals surface area (Å²) in [5.74, 6) is -1.60. The lowest BCUT2D eigenvalue weighted by atomic mass is 9.50. The van der Waals surface area contributed by atoms with Crippen molar-refractivity contribution >= 4 is 22.8 Å². The number of hydrogen-bond acceptors (Lipinski definition) is 3. The smallest absolute Gasteiger partial charge is 0.306 e. The summed E-state index contributed by atoms with van der Waals surface area (Å²) in [4.78, 5) is 24.4. The summed E-state index contributed by atoms with van der Waals surface area (Å²) < 4.78 is 16.6. The second-order valence-corrected chi connectivity index (χ2v) is 10.7. The van der Waals surface area contributed by atoms with Crippen LogP contribution < -0.4 is 5.32 Å². The molecule has 3 aromatic carbocycles. The highest BCUT2D eigenvalue weighted by molar-refractivity contribution is 6.06. The van der Waals surface area contributed by atoms with Gasteiger partial charge in [0, 0.05) is 24.2 Å². The van der Waals surface area contributed by atoms with Crippen molar-refractivity contribution in [1.29, 1.82) is 5.26 Å². The molecule has 190 valence electrons. The van der Waals surface area contributed by atoms with Gasteiger partial charge >= 0.3 is 5.97 Å². The molecule has 7 heteroatoms. The van der Waals surface area contributed by atoms with Crippen molar-refractivity contribution in [2.24, 2.45) is 11.3 Å². The third-order valence-corrected chi connectivity index (χ3v) is 8.17. The number of nitriles is 1. The first-order chi connectivity index (χ1) is 18.3. The van der Waals surface area contributed by atoms with Crippen LogP contribution in [-0.2, 0) is 11.3 Å². The van der Waals surface area contributed by atoms with Crippen molar-refractivity contribution < 1.29 is 19.1 Å². The summed E-state index contributed by atoms with van der Waals surface area (Å²) in [6.45, 7) is 0.476. The van der Waals surface area contributed by atoms with Crippen molar-refractivity contribution in [3.63, 3.8) is 0 Å². The zero-order chi connectivity index (χ0) is 26.4. The maximum atomic E-state index is 14.7. The van der Waals surface area contributed by atoms with Gasteiger partial charge in [-0.15, -0.1) is 0 Å². The second kappa shape index (κ2) is 9.14. The summed E-state index contributed by atoms with van der Waals surface area (Å²) in [6, 6.07) is 22.2. The van der Waals surface area contributed by atoms with E-state index in [1.807, 2.05) is 41.0 Å². The van der Waals surface area contributed by atoms with Crippen molar-refractivity contribution in [3.8, 4) is 17.2 Å². The van der Waals surface area contributed by atoms with E-state index in [0.717, 1.165) is 29.5 Å². The van der Waals surface area contributed by atoms with Crippen molar-refractivity contribution in [2.75, 3.05) is 0 Å². The molecule has 2 aliphatic rings. The van der Waals surface area contributed by atoms with E-state index in [-0.39, 0.29) is 29.1 Å². The largest absolute Gasteiger partial charge is 0.481 e. The number of halogens is 1. The molecule has 4 aromatic rings. The Bertz CT molecular complexity index is 1580. The maximum Gasteiger partial charge on any atom is 0.306 e. The molecule has 0 radical (unpaired) electrons. The van der Waals surface area contributed by atoms with Crippen LogP contribution in [-0.4, -0.2) is 27.6 Å². The first-order valence-corrected chi connectivity index (χ1v) is 12.7. The highest BCUT2D eigenvalue weighted by Gasteiger charge is 2.55. The molecule has 1 aromatic heterocycles. The number of carboxylic acid groups (broad SMARTS) is 1. The zero-order valence-electron chi connectivity index (χ0n) is 20.7. The molecule has 0 bridgehead atoms. The van der Waals surface area contributed by atoms with Crippen molar-refractivity contribution in [2.45, 2.75) is 38.3 Å². The minimum atomic E-state index is -0.735. The zero-order valence-corrected chi connectivity index (χ0v) is 20.7. The predicted molar refractivity (Wildman–Crippen MR) is 141 cm³/mol. The Morgan fingerprint density at radius 1 is 0.974 bits per heavy atom. The van der Waals surface area contributed by atoms with E-state index in [0.29, 0.717) is 41.4 Å². The summed E-state index contributed by atoms with van der Waals surface area (Å²) in [5.41, 5.74) is 4.71. The van der Waals surface area contributed by atoms with Crippen LogP contribution in [0.4, 0.5) is 4.39 Å². The fourth-order valence-corrected chi connectivity index (χ4v) is 6.19. The van der Waals surface area contributed by atoms with Crippen LogP contribution in [0.25, 0.3) is 22.0 Å². The van der Waals surface area contributed by atoms with E-state index in [4.69, 9.17) is 10.4 Å². The Morgan fingerprint density at radius 3 is 2.26 bits per heavy atom. The summed E-state index contributed by atoms with van der Waals surface area (Å²) >= 11 is 0. The number of nitrogens with one attached hydrogen (secondary N) is 1. The first-order valence-electron chi connectivity index (χ1n) is 12.7. The van der Waals surface area contributed by atoms with Crippen LogP contribution in [0, 0.1) is 28.5 Å². The average molecular weight is 508 g/mol. The van der Waals surface area contributed by atoms with Crippen molar-refractivity contribution in [3.05, 3.63) is 95.4 Å². The molecule has 2 fully saturated rings. The number of hydrogen-bond donors (Lipinski definition) is 2. The molecule has 0 saturated heterocycles. The molecule has 0 atom stereocenters. The molecule has 2 N–H and O–H groups in total. The molecule has 0 aliphatic heterocycles. The van der Waals surface area contributed by atoms with E-state index in [9.17, 15) is 14.0 Å². The maximum absolute atomic E-state index is 14.7. The Kier molecular flexibility index (Phi) is 5.76. The summed E-state index contributed by atoms with van der Waals surface area (Å²) in [5, 5.41) is 21.6. The topological polar surface area (TPSA) is 95.1 Å². The quantitative estimate of drug-likeness (QED) is 0.348. The minimum absolute atomic E-state index is 0.00975. The third-order valence-electron chi connectivity index (χ3n) is 8.17. The van der Waals surface area contributed by atoms with Gasteiger partial charge in [-0.1, -0.05) is 36.4 Å². The highest BCUT2D eigenvalue weighted by atomic mass is 19.1. The van der Waals surface area contributed by atoms with Gasteiger partial charge in [0.2, 0.25) is 0 Å². The van der Waals surface area contributed by atoms with Crippen LogP contribution in [0.5, 0.6) is 0 Å². The third kappa shape index (κ3) is 4.22. The van der Waals surface area contributed by atoms with Crippen LogP contribution in [0.2, 0.25) is 0 Å². The van der Waals surface area contributed by atoms with E-state index >= 15 is 0 Å². The number of carbonyl (C=O) groups excluding carboxylic acids is 1. The summed E-state index contributed by atoms with van der Waals surface area (Å²) in [6.07, 6.45) is 4.75. The van der Waals surface area contributed by atoms with Crippen LogP contribution in [0.15, 0.2) is 72.9 Å². The van der Waals surface area contributed by atoms with Gasteiger partial charge in [-0.05, 0) is 78.1 Å². The van der Waals surface area contributed by atoms with Gasteiger partial charge in [0.15, 0.2) is 0 Å². The molecule has 2 aliphatic carbocycles. The average Bonchev–Trinajstić information content (AvgIpc) is 3.29. The lowest BCUT2D eigenvalue weighted by Crippen LogP contribution is -2.57. The fraction of sp³-hybridized carbons (Fsp3) is 0.258. The molecular weight excluding hydrogens is 481 g/mol. The molecular formula is C31H26FN3O3. The summed E-state index contributed by atoms with van der Waals surface area (Å²) in [7, 11) is 0. The number of benzene rings is 3. The molecule has 1 amide bonds. The van der Waals surface area contributed by atoms with Gasteiger partial charge in [-0.25, -0.2) is 4.39 Å². The number of aromatic nitrogens is 1. The second-order valence-electron chi connectivity index (χ2n) is 10.7. The van der Waals surface area contributed by atoms with E-state index in [1.165, 1.54) is 12.1 Å². The normalized spacial score (nSPS) is 21.9. The van der Waals surface area contributed by atoms with Gasteiger partial charge in [-0.3, -0.25) is 9.59 Å². The highest BCUT2D eigenvalue weighted by Crippen LogP contribution is 2.58. The number of nitrogens with zero attached hydrogens (tertiary/aromatic N) is 2. The van der Waals surface area contributed by atoms with Gasteiger partial charge < -0.3 is 15.0 Å². The molecule has 1 spiro atoms. The van der Waals surface area contributed by atoms with Crippen LogP contribution in [0.1, 0.15) is 47.2 Å². The van der Waals surface area contributed by atoms with Crippen molar-refractivity contribution in [1.82, 2.24) is 9.88 Å². The molecule has 38 heavy (non-hydrogen) atoms. The Hall–Kier alpha value is -4.44. The Labute approximate surface area is 219 Å². The lowest BCUT2D eigenvalue weighted by molar-refractivity contribution is -0.155. The molecule has 0 unspecified atom stereocenters. The predicted octanol–water partition coefficient (Wildman–Crippen LogP) is 5.74. The monoisotopic (exact) mass is 507 g/mol. The molecule has 2 saturated carbocycles.